The maximum absolute atomic E-state index is 4.53. The second-order valence-corrected chi connectivity index (χ2v) is 7.64. The molecule has 0 bridgehead atoms. The number of nitrogens with zero attached hydrogens (tertiary/aromatic N) is 4. The first-order valence-electron chi connectivity index (χ1n) is 10.1. The van der Waals surface area contributed by atoms with Crippen LogP contribution in [-0.4, -0.2) is 48.1 Å². The summed E-state index contributed by atoms with van der Waals surface area (Å²) >= 11 is 0. The van der Waals surface area contributed by atoms with E-state index in [1.165, 1.54) is 11.3 Å². The van der Waals surface area contributed by atoms with Crippen molar-refractivity contribution in [3.05, 3.63) is 66.0 Å². The zero-order valence-electron chi connectivity index (χ0n) is 17.3. The number of hydrogen-bond donors (Lipinski definition) is 2. The first-order chi connectivity index (χ1) is 14.0. The van der Waals surface area contributed by atoms with E-state index < -0.39 is 0 Å². The molecule has 1 saturated heterocycles. The molecular weight excluding hydrogens is 360 g/mol. The van der Waals surface area contributed by atoms with Crippen molar-refractivity contribution in [3.8, 4) is 0 Å². The average molecular weight is 389 g/mol. The van der Waals surface area contributed by atoms with Crippen molar-refractivity contribution in [1.29, 1.82) is 0 Å². The Bertz CT molecular complexity index is 944. The molecule has 2 heterocycles. The molecule has 1 aromatic heterocycles. The van der Waals surface area contributed by atoms with Gasteiger partial charge in [-0.15, -0.1) is 0 Å². The number of hydrogen-bond acceptors (Lipinski definition) is 6. The van der Waals surface area contributed by atoms with Gasteiger partial charge in [-0.1, -0.05) is 17.7 Å². The first-order valence-corrected chi connectivity index (χ1v) is 10.1. The SMILES string of the molecule is Cc1ccc(Nc2cc(Nc3ccc(N4CCN(C)CC4)cc3)nc(C)n2)cc1. The van der Waals surface area contributed by atoms with E-state index in [1.807, 2.05) is 13.0 Å². The van der Waals surface area contributed by atoms with Crippen LogP contribution in [0.25, 0.3) is 0 Å². The lowest BCUT2D eigenvalue weighted by Gasteiger charge is -2.34. The average Bonchev–Trinajstić information content (AvgIpc) is 2.71. The highest BCUT2D eigenvalue weighted by molar-refractivity contribution is 5.65. The highest BCUT2D eigenvalue weighted by atomic mass is 15.2. The van der Waals surface area contributed by atoms with Gasteiger partial charge in [0.1, 0.15) is 17.5 Å². The van der Waals surface area contributed by atoms with Crippen LogP contribution in [-0.2, 0) is 0 Å². The van der Waals surface area contributed by atoms with Crippen molar-refractivity contribution in [3.63, 3.8) is 0 Å². The van der Waals surface area contributed by atoms with Gasteiger partial charge in [0.2, 0.25) is 0 Å². The predicted molar refractivity (Wildman–Crippen MR) is 121 cm³/mol. The summed E-state index contributed by atoms with van der Waals surface area (Å²) in [6.07, 6.45) is 0. The molecule has 3 aromatic rings. The van der Waals surface area contributed by atoms with Crippen LogP contribution in [0.2, 0.25) is 0 Å². The summed E-state index contributed by atoms with van der Waals surface area (Å²) < 4.78 is 0. The number of rotatable bonds is 5. The number of likely N-dealkylation sites (N-methyl/N-ethyl adjacent to an activating group) is 1. The lowest BCUT2D eigenvalue weighted by Crippen LogP contribution is -2.44. The minimum atomic E-state index is 0.721. The van der Waals surface area contributed by atoms with Gasteiger partial charge in [0, 0.05) is 49.3 Å². The molecule has 0 saturated carbocycles. The molecule has 4 rings (SSSR count). The Labute approximate surface area is 172 Å². The Kier molecular flexibility index (Phi) is 5.62. The molecule has 150 valence electrons. The van der Waals surface area contributed by atoms with Crippen molar-refractivity contribution in [1.82, 2.24) is 14.9 Å². The molecule has 1 aliphatic heterocycles. The van der Waals surface area contributed by atoms with E-state index in [0.717, 1.165) is 55.0 Å². The zero-order valence-corrected chi connectivity index (χ0v) is 17.3. The molecule has 6 nitrogen and oxygen atoms in total. The van der Waals surface area contributed by atoms with Crippen molar-refractivity contribution in [2.24, 2.45) is 0 Å². The predicted octanol–water partition coefficient (Wildman–Crippen LogP) is 4.33. The summed E-state index contributed by atoms with van der Waals surface area (Å²) in [4.78, 5) is 13.8. The van der Waals surface area contributed by atoms with E-state index in [2.05, 4.69) is 92.9 Å². The Morgan fingerprint density at radius 3 is 1.79 bits per heavy atom. The van der Waals surface area contributed by atoms with Crippen molar-refractivity contribution in [2.45, 2.75) is 13.8 Å². The fourth-order valence-corrected chi connectivity index (χ4v) is 3.45. The van der Waals surface area contributed by atoms with Gasteiger partial charge < -0.3 is 20.4 Å². The third-order valence-electron chi connectivity index (χ3n) is 5.17. The second-order valence-electron chi connectivity index (χ2n) is 7.64. The van der Waals surface area contributed by atoms with Crippen LogP contribution in [0, 0.1) is 13.8 Å². The summed E-state index contributed by atoms with van der Waals surface area (Å²) in [5, 5.41) is 6.75. The molecule has 0 radical (unpaired) electrons. The van der Waals surface area contributed by atoms with Gasteiger partial charge in [-0.2, -0.15) is 0 Å². The molecular formula is C23H28N6. The van der Waals surface area contributed by atoms with Gasteiger partial charge in [0.05, 0.1) is 0 Å². The minimum Gasteiger partial charge on any atom is -0.369 e. The largest absolute Gasteiger partial charge is 0.369 e. The normalized spacial score (nSPS) is 14.7. The Morgan fingerprint density at radius 1 is 0.724 bits per heavy atom. The van der Waals surface area contributed by atoms with Gasteiger partial charge >= 0.3 is 0 Å². The number of aromatic nitrogens is 2. The van der Waals surface area contributed by atoms with Crippen molar-refractivity contribution < 1.29 is 0 Å². The zero-order chi connectivity index (χ0) is 20.2. The van der Waals surface area contributed by atoms with Crippen molar-refractivity contribution >= 4 is 28.7 Å². The van der Waals surface area contributed by atoms with Gasteiger partial charge in [0.15, 0.2) is 0 Å². The number of aryl methyl sites for hydroxylation is 2. The van der Waals surface area contributed by atoms with Gasteiger partial charge in [-0.3, -0.25) is 0 Å². The van der Waals surface area contributed by atoms with Crippen LogP contribution in [0.1, 0.15) is 11.4 Å². The van der Waals surface area contributed by atoms with E-state index in [1.54, 1.807) is 0 Å². The van der Waals surface area contributed by atoms with Crippen LogP contribution >= 0.6 is 0 Å². The first kappa shape index (κ1) is 19.2. The van der Waals surface area contributed by atoms with E-state index >= 15 is 0 Å². The third-order valence-corrected chi connectivity index (χ3v) is 5.17. The van der Waals surface area contributed by atoms with Crippen LogP contribution in [0.5, 0.6) is 0 Å². The standard InChI is InChI=1S/C23H28N6/c1-17-4-6-19(7-5-17)26-22-16-23(25-18(2)24-22)27-20-8-10-21(11-9-20)29-14-12-28(3)13-15-29/h4-11,16H,12-15H2,1-3H3,(H2,24,25,26,27). The molecule has 0 amide bonds. The topological polar surface area (TPSA) is 56.3 Å². The van der Waals surface area contributed by atoms with E-state index in [9.17, 15) is 0 Å². The quantitative estimate of drug-likeness (QED) is 0.678. The maximum Gasteiger partial charge on any atom is 0.136 e. The van der Waals surface area contributed by atoms with Gasteiger partial charge in [-0.25, -0.2) is 9.97 Å². The highest BCUT2D eigenvalue weighted by Gasteiger charge is 2.14. The van der Waals surface area contributed by atoms with Crippen LogP contribution in [0.4, 0.5) is 28.7 Å². The lowest BCUT2D eigenvalue weighted by molar-refractivity contribution is 0.313. The number of anilines is 5. The molecule has 1 aliphatic rings. The van der Waals surface area contributed by atoms with E-state index in [-0.39, 0.29) is 0 Å². The van der Waals surface area contributed by atoms with Crippen LogP contribution in [0.3, 0.4) is 0 Å². The van der Waals surface area contributed by atoms with E-state index in [0.29, 0.717) is 0 Å². The molecule has 0 unspecified atom stereocenters. The molecule has 6 heteroatoms. The summed E-state index contributed by atoms with van der Waals surface area (Å²) in [7, 11) is 2.18. The highest BCUT2D eigenvalue weighted by Crippen LogP contribution is 2.23. The summed E-state index contributed by atoms with van der Waals surface area (Å²) in [6, 6.07) is 18.8. The van der Waals surface area contributed by atoms with Crippen LogP contribution in [0.15, 0.2) is 54.6 Å². The molecule has 0 aliphatic carbocycles. The molecule has 0 spiro atoms. The van der Waals surface area contributed by atoms with Crippen molar-refractivity contribution in [2.75, 3.05) is 48.8 Å². The fourth-order valence-electron chi connectivity index (χ4n) is 3.45. The Morgan fingerprint density at radius 2 is 1.24 bits per heavy atom. The monoisotopic (exact) mass is 388 g/mol. The molecule has 2 aromatic carbocycles. The Hall–Kier alpha value is -3.12. The third kappa shape index (κ3) is 5.03. The number of piperazine rings is 1. The summed E-state index contributed by atoms with van der Waals surface area (Å²) in [5.41, 5.74) is 4.53. The second kappa shape index (κ2) is 8.49. The maximum atomic E-state index is 4.53. The van der Waals surface area contributed by atoms with E-state index in [4.69, 9.17) is 0 Å². The summed E-state index contributed by atoms with van der Waals surface area (Å²) in [6.45, 7) is 8.34. The molecule has 29 heavy (non-hydrogen) atoms. The minimum absolute atomic E-state index is 0.721. The number of benzene rings is 2. The molecule has 2 N–H and O–H groups in total. The smallest absolute Gasteiger partial charge is 0.136 e. The summed E-state index contributed by atoms with van der Waals surface area (Å²) in [5.74, 6) is 2.27. The van der Waals surface area contributed by atoms with Gasteiger partial charge in [-0.05, 0) is 57.3 Å². The van der Waals surface area contributed by atoms with Gasteiger partial charge in [0.25, 0.3) is 0 Å². The number of nitrogens with one attached hydrogen (secondary N) is 2. The van der Waals surface area contributed by atoms with Crippen LogP contribution < -0.4 is 15.5 Å². The molecule has 0 atom stereocenters. The molecule has 1 fully saturated rings. The lowest BCUT2D eigenvalue weighted by atomic mass is 10.2. The fraction of sp³-hybridized carbons (Fsp3) is 0.304. The Balaban J connectivity index is 1.44.